The molecular formula is C17H10Cl2F3NO2. The topological polar surface area (TPSA) is 35.3 Å². The number of ether oxygens (including phenoxy) is 1. The van der Waals surface area contributed by atoms with Gasteiger partial charge in [0.05, 0.1) is 15.6 Å². The second-order valence-electron chi connectivity index (χ2n) is 5.13. The molecule has 0 saturated carbocycles. The van der Waals surface area contributed by atoms with Crippen LogP contribution in [0, 0.1) is 0 Å². The van der Waals surface area contributed by atoms with Gasteiger partial charge in [0, 0.05) is 11.6 Å². The lowest BCUT2D eigenvalue weighted by molar-refractivity contribution is -0.137. The summed E-state index contributed by atoms with van der Waals surface area (Å²) in [7, 11) is 0. The summed E-state index contributed by atoms with van der Waals surface area (Å²) in [5.74, 6) is 0.537. The highest BCUT2D eigenvalue weighted by atomic mass is 35.5. The van der Waals surface area contributed by atoms with Gasteiger partial charge in [-0.05, 0) is 36.4 Å². The minimum atomic E-state index is -4.42. The van der Waals surface area contributed by atoms with Crippen molar-refractivity contribution in [3.8, 4) is 17.1 Å². The number of nitrogens with zero attached hydrogens (tertiary/aromatic N) is 1. The van der Waals surface area contributed by atoms with Crippen molar-refractivity contribution in [3.63, 3.8) is 0 Å². The van der Waals surface area contributed by atoms with Crippen LogP contribution in [-0.4, -0.2) is 5.16 Å². The van der Waals surface area contributed by atoms with E-state index in [-0.39, 0.29) is 12.4 Å². The van der Waals surface area contributed by atoms with Crippen LogP contribution < -0.4 is 4.74 Å². The van der Waals surface area contributed by atoms with E-state index in [4.69, 9.17) is 32.5 Å². The number of halogens is 5. The van der Waals surface area contributed by atoms with Gasteiger partial charge in [-0.15, -0.1) is 0 Å². The van der Waals surface area contributed by atoms with E-state index < -0.39 is 11.7 Å². The van der Waals surface area contributed by atoms with E-state index in [2.05, 4.69) is 5.16 Å². The van der Waals surface area contributed by atoms with E-state index in [1.54, 1.807) is 24.3 Å². The molecule has 0 atom stereocenters. The zero-order valence-corrected chi connectivity index (χ0v) is 14.0. The Kier molecular flexibility index (Phi) is 4.92. The lowest BCUT2D eigenvalue weighted by atomic mass is 10.1. The fourth-order valence-corrected chi connectivity index (χ4v) is 2.38. The summed E-state index contributed by atoms with van der Waals surface area (Å²) >= 11 is 11.8. The molecule has 0 aliphatic rings. The van der Waals surface area contributed by atoms with Gasteiger partial charge in [0.2, 0.25) is 0 Å². The van der Waals surface area contributed by atoms with Crippen molar-refractivity contribution in [2.24, 2.45) is 0 Å². The molecule has 25 heavy (non-hydrogen) atoms. The number of rotatable bonds is 4. The Morgan fingerprint density at radius 3 is 2.52 bits per heavy atom. The lowest BCUT2D eigenvalue weighted by Crippen LogP contribution is -2.05. The molecule has 0 fully saturated rings. The Balaban J connectivity index is 1.71. The average molecular weight is 388 g/mol. The van der Waals surface area contributed by atoms with Crippen LogP contribution in [0.5, 0.6) is 5.75 Å². The first-order valence-electron chi connectivity index (χ1n) is 7.04. The Morgan fingerprint density at radius 1 is 1.00 bits per heavy atom. The molecule has 1 aromatic heterocycles. The largest absolute Gasteiger partial charge is 0.487 e. The standard InChI is InChI=1S/C17H10Cl2F3NO2/c18-14-5-4-10(6-15(14)19)16-8-12(23-25-16)9-24-13-3-1-2-11(7-13)17(20,21)22/h1-8H,9H2. The number of alkyl halides is 3. The summed E-state index contributed by atoms with van der Waals surface area (Å²) in [6.07, 6.45) is -4.42. The third-order valence-electron chi connectivity index (χ3n) is 3.31. The highest BCUT2D eigenvalue weighted by molar-refractivity contribution is 6.42. The molecule has 0 aliphatic heterocycles. The maximum Gasteiger partial charge on any atom is 0.416 e. The first-order chi connectivity index (χ1) is 11.8. The summed E-state index contributed by atoms with van der Waals surface area (Å²) < 4.78 is 48.6. The van der Waals surface area contributed by atoms with Gasteiger partial charge in [0.15, 0.2) is 5.76 Å². The molecular weight excluding hydrogens is 378 g/mol. The Morgan fingerprint density at radius 2 is 1.80 bits per heavy atom. The number of hydrogen-bond donors (Lipinski definition) is 0. The van der Waals surface area contributed by atoms with Crippen molar-refractivity contribution in [2.45, 2.75) is 12.8 Å². The van der Waals surface area contributed by atoms with E-state index in [0.717, 1.165) is 12.1 Å². The molecule has 0 unspecified atom stereocenters. The van der Waals surface area contributed by atoms with Crippen LogP contribution in [0.3, 0.4) is 0 Å². The average Bonchev–Trinajstić information content (AvgIpc) is 3.04. The minimum Gasteiger partial charge on any atom is -0.487 e. The third kappa shape index (κ3) is 4.27. The highest BCUT2D eigenvalue weighted by Crippen LogP contribution is 2.32. The maximum atomic E-state index is 12.7. The third-order valence-corrected chi connectivity index (χ3v) is 4.05. The zero-order valence-electron chi connectivity index (χ0n) is 12.5. The van der Waals surface area contributed by atoms with Gasteiger partial charge in [-0.1, -0.05) is 34.4 Å². The van der Waals surface area contributed by atoms with Crippen molar-refractivity contribution >= 4 is 23.2 Å². The number of aromatic nitrogens is 1. The van der Waals surface area contributed by atoms with Gasteiger partial charge in [0.1, 0.15) is 18.1 Å². The normalized spacial score (nSPS) is 11.6. The molecule has 0 saturated heterocycles. The van der Waals surface area contributed by atoms with Crippen molar-refractivity contribution < 1.29 is 22.4 Å². The van der Waals surface area contributed by atoms with Crippen molar-refractivity contribution in [1.82, 2.24) is 5.16 Å². The van der Waals surface area contributed by atoms with E-state index in [1.165, 1.54) is 12.1 Å². The quantitative estimate of drug-likeness (QED) is 0.530. The van der Waals surface area contributed by atoms with Gasteiger partial charge >= 0.3 is 6.18 Å². The Hall–Kier alpha value is -2.18. The van der Waals surface area contributed by atoms with Crippen molar-refractivity contribution in [3.05, 3.63) is 69.8 Å². The predicted octanol–water partition coefficient (Wildman–Crippen LogP) is 6.25. The monoisotopic (exact) mass is 387 g/mol. The summed E-state index contributed by atoms with van der Waals surface area (Å²) in [5.41, 5.74) is 0.326. The van der Waals surface area contributed by atoms with Gasteiger partial charge in [-0.25, -0.2) is 0 Å². The first-order valence-corrected chi connectivity index (χ1v) is 7.79. The maximum absolute atomic E-state index is 12.7. The first kappa shape index (κ1) is 17.6. The van der Waals surface area contributed by atoms with Crippen LogP contribution in [-0.2, 0) is 12.8 Å². The lowest BCUT2D eigenvalue weighted by Gasteiger charge is -2.09. The smallest absolute Gasteiger partial charge is 0.416 e. The molecule has 1 heterocycles. The molecule has 2 aromatic carbocycles. The van der Waals surface area contributed by atoms with Crippen molar-refractivity contribution in [1.29, 1.82) is 0 Å². The molecule has 0 amide bonds. The summed E-state index contributed by atoms with van der Waals surface area (Å²) in [4.78, 5) is 0. The summed E-state index contributed by atoms with van der Waals surface area (Å²) in [5, 5.41) is 4.62. The van der Waals surface area contributed by atoms with E-state index in [9.17, 15) is 13.2 Å². The molecule has 3 aromatic rings. The zero-order chi connectivity index (χ0) is 18.0. The van der Waals surface area contributed by atoms with Crippen LogP contribution >= 0.6 is 23.2 Å². The second-order valence-corrected chi connectivity index (χ2v) is 5.94. The molecule has 0 bridgehead atoms. The second kappa shape index (κ2) is 6.98. The summed E-state index contributed by atoms with van der Waals surface area (Å²) in [6, 6.07) is 11.2. The van der Waals surface area contributed by atoms with E-state index >= 15 is 0 Å². The van der Waals surface area contributed by atoms with Gasteiger partial charge < -0.3 is 9.26 Å². The van der Waals surface area contributed by atoms with Crippen molar-refractivity contribution in [2.75, 3.05) is 0 Å². The van der Waals surface area contributed by atoms with Gasteiger partial charge in [0.25, 0.3) is 0 Å². The molecule has 3 nitrogen and oxygen atoms in total. The van der Waals surface area contributed by atoms with Gasteiger partial charge in [-0.2, -0.15) is 13.2 Å². The Labute approximate surface area is 150 Å². The molecule has 0 aliphatic carbocycles. The van der Waals surface area contributed by atoms with E-state index in [0.29, 0.717) is 27.1 Å². The predicted molar refractivity (Wildman–Crippen MR) is 87.7 cm³/mol. The minimum absolute atomic E-state index is 0.0356. The molecule has 0 N–H and O–H groups in total. The number of benzene rings is 2. The van der Waals surface area contributed by atoms with Crippen LogP contribution in [0.15, 0.2) is 53.1 Å². The van der Waals surface area contributed by atoms with E-state index in [1.807, 2.05) is 0 Å². The fourth-order valence-electron chi connectivity index (χ4n) is 2.08. The Bertz CT molecular complexity index is 894. The summed E-state index contributed by atoms with van der Waals surface area (Å²) in [6.45, 7) is -0.0356. The molecule has 3 rings (SSSR count). The SMILES string of the molecule is FC(F)(F)c1cccc(OCc2cc(-c3ccc(Cl)c(Cl)c3)on2)c1. The van der Waals surface area contributed by atoms with Crippen LogP contribution in [0.25, 0.3) is 11.3 Å². The van der Waals surface area contributed by atoms with Crippen LogP contribution in [0.1, 0.15) is 11.3 Å². The molecule has 0 spiro atoms. The molecule has 0 radical (unpaired) electrons. The highest BCUT2D eigenvalue weighted by Gasteiger charge is 2.30. The molecule has 8 heteroatoms. The van der Waals surface area contributed by atoms with Gasteiger partial charge in [-0.3, -0.25) is 0 Å². The fraction of sp³-hybridized carbons (Fsp3) is 0.118. The van der Waals surface area contributed by atoms with Crippen LogP contribution in [0.2, 0.25) is 10.0 Å². The molecule has 130 valence electrons. The van der Waals surface area contributed by atoms with Crippen LogP contribution in [0.4, 0.5) is 13.2 Å². The number of hydrogen-bond acceptors (Lipinski definition) is 3.